The molecule has 1 saturated heterocycles. The fraction of sp³-hybridized carbons (Fsp3) is 0.400. The summed E-state index contributed by atoms with van der Waals surface area (Å²) in [4.78, 5) is 0. The van der Waals surface area contributed by atoms with Gasteiger partial charge < -0.3 is 16.5 Å². The van der Waals surface area contributed by atoms with Crippen molar-refractivity contribution in [3.8, 4) is 0 Å². The van der Waals surface area contributed by atoms with Gasteiger partial charge in [0.15, 0.2) is 0 Å². The quantitative estimate of drug-likeness (QED) is 0.711. The number of hydrogen-bond donors (Lipinski definition) is 3. The highest BCUT2D eigenvalue weighted by Crippen LogP contribution is 2.17. The van der Waals surface area contributed by atoms with Crippen molar-refractivity contribution in [1.29, 1.82) is 5.41 Å². The topological polar surface area (TPSA) is 61.9 Å². The number of benzene rings is 1. The lowest BCUT2D eigenvalue weighted by Crippen LogP contribution is -2.35. The third kappa shape index (κ3) is 3.20. The standard InChI is InChI=1S/C15H21N3/c16-10-14(11-17)13-5-3-4-12(8-13)9-15-6-1-2-7-18-15/h3-5,8,10-11,15-16,18H,1-2,6-7,9,17H2/b14-11+,16-10?. The molecule has 96 valence electrons. The van der Waals surface area contributed by atoms with Crippen molar-refractivity contribution in [1.82, 2.24) is 5.32 Å². The highest BCUT2D eigenvalue weighted by molar-refractivity contribution is 6.08. The predicted molar refractivity (Wildman–Crippen MR) is 76.7 cm³/mol. The van der Waals surface area contributed by atoms with Crippen molar-refractivity contribution in [2.75, 3.05) is 6.54 Å². The van der Waals surface area contributed by atoms with Crippen molar-refractivity contribution in [3.63, 3.8) is 0 Å². The van der Waals surface area contributed by atoms with Gasteiger partial charge in [0.2, 0.25) is 0 Å². The maximum absolute atomic E-state index is 7.34. The molecule has 0 spiro atoms. The smallest absolute Gasteiger partial charge is 0.0270 e. The van der Waals surface area contributed by atoms with E-state index in [0.717, 1.165) is 24.1 Å². The van der Waals surface area contributed by atoms with Crippen LogP contribution in [-0.2, 0) is 6.42 Å². The van der Waals surface area contributed by atoms with Crippen molar-refractivity contribution >= 4 is 11.8 Å². The molecule has 3 nitrogen and oxygen atoms in total. The van der Waals surface area contributed by atoms with E-state index in [1.807, 2.05) is 12.1 Å². The molecule has 0 radical (unpaired) electrons. The Morgan fingerprint density at radius 3 is 3.00 bits per heavy atom. The second-order valence-electron chi connectivity index (χ2n) is 4.82. The van der Waals surface area contributed by atoms with Crippen molar-refractivity contribution in [2.45, 2.75) is 31.7 Å². The first-order chi connectivity index (χ1) is 8.83. The lowest BCUT2D eigenvalue weighted by molar-refractivity contribution is 0.399. The Balaban J connectivity index is 2.09. The van der Waals surface area contributed by atoms with Crippen LogP contribution in [0.5, 0.6) is 0 Å². The van der Waals surface area contributed by atoms with Crippen molar-refractivity contribution in [2.24, 2.45) is 5.73 Å². The van der Waals surface area contributed by atoms with Gasteiger partial charge in [-0.1, -0.05) is 30.7 Å². The SMILES string of the molecule is N=C/C(=C\N)c1cccc(CC2CCCCN2)c1. The molecule has 4 N–H and O–H groups in total. The van der Waals surface area contributed by atoms with Crippen LogP contribution in [0.25, 0.3) is 5.57 Å². The van der Waals surface area contributed by atoms with Crippen molar-refractivity contribution < 1.29 is 0 Å². The summed E-state index contributed by atoms with van der Waals surface area (Å²) in [5, 5.41) is 10.9. The van der Waals surface area contributed by atoms with Crippen LogP contribution in [0.3, 0.4) is 0 Å². The van der Waals surface area contributed by atoms with Gasteiger partial charge in [0.1, 0.15) is 0 Å². The molecule has 0 aromatic heterocycles. The lowest BCUT2D eigenvalue weighted by Gasteiger charge is -2.23. The first-order valence-corrected chi connectivity index (χ1v) is 6.58. The molecule has 0 aliphatic carbocycles. The first-order valence-electron chi connectivity index (χ1n) is 6.58. The molecule has 1 atom stereocenters. The van der Waals surface area contributed by atoms with Crippen LogP contribution in [0.1, 0.15) is 30.4 Å². The Bertz CT molecular complexity index is 431. The molecule has 1 aromatic rings. The monoisotopic (exact) mass is 243 g/mol. The molecule has 0 saturated carbocycles. The van der Waals surface area contributed by atoms with E-state index >= 15 is 0 Å². The molecular weight excluding hydrogens is 222 g/mol. The van der Waals surface area contributed by atoms with Crippen molar-refractivity contribution in [3.05, 3.63) is 41.6 Å². The zero-order valence-electron chi connectivity index (χ0n) is 10.7. The maximum Gasteiger partial charge on any atom is 0.0270 e. The molecule has 3 heteroatoms. The largest absolute Gasteiger partial charge is 0.404 e. The summed E-state index contributed by atoms with van der Waals surface area (Å²) in [6.07, 6.45) is 7.73. The summed E-state index contributed by atoms with van der Waals surface area (Å²) in [7, 11) is 0. The molecule has 1 aromatic carbocycles. The highest BCUT2D eigenvalue weighted by Gasteiger charge is 2.13. The summed E-state index contributed by atoms with van der Waals surface area (Å²) < 4.78 is 0. The Morgan fingerprint density at radius 2 is 2.33 bits per heavy atom. The van der Waals surface area contributed by atoms with Gasteiger partial charge in [-0.05, 0) is 36.9 Å². The molecule has 18 heavy (non-hydrogen) atoms. The molecule has 2 rings (SSSR count). The minimum atomic E-state index is 0.597. The van der Waals surface area contributed by atoms with Crippen LogP contribution in [0.2, 0.25) is 0 Å². The summed E-state index contributed by atoms with van der Waals surface area (Å²) in [6, 6.07) is 8.93. The van der Waals surface area contributed by atoms with E-state index in [9.17, 15) is 0 Å². The van der Waals surface area contributed by atoms with Gasteiger partial charge in [-0.25, -0.2) is 0 Å². The van der Waals surface area contributed by atoms with Crippen LogP contribution < -0.4 is 11.1 Å². The van der Waals surface area contributed by atoms with Gasteiger partial charge in [-0.3, -0.25) is 0 Å². The summed E-state index contributed by atoms with van der Waals surface area (Å²) in [5.74, 6) is 0. The molecule has 0 amide bonds. The van der Waals surface area contributed by atoms with Crippen LogP contribution >= 0.6 is 0 Å². The normalized spacial score (nSPS) is 20.7. The van der Waals surface area contributed by atoms with E-state index in [1.165, 1.54) is 37.2 Å². The van der Waals surface area contributed by atoms with Gasteiger partial charge in [0.25, 0.3) is 0 Å². The second-order valence-corrected chi connectivity index (χ2v) is 4.82. The average Bonchev–Trinajstić information content (AvgIpc) is 2.42. The van der Waals surface area contributed by atoms with Gasteiger partial charge in [0, 0.05) is 24.0 Å². The van der Waals surface area contributed by atoms with E-state index in [-0.39, 0.29) is 0 Å². The Kier molecular flexibility index (Phi) is 4.53. The highest BCUT2D eigenvalue weighted by atomic mass is 14.9. The van der Waals surface area contributed by atoms with Crippen LogP contribution in [-0.4, -0.2) is 18.8 Å². The number of allylic oxidation sites excluding steroid dienone is 1. The number of rotatable bonds is 4. The van der Waals surface area contributed by atoms with Crippen LogP contribution in [0.15, 0.2) is 30.5 Å². The summed E-state index contributed by atoms with van der Waals surface area (Å²) in [6.45, 7) is 1.14. The Labute approximate surface area is 109 Å². The maximum atomic E-state index is 7.34. The predicted octanol–water partition coefficient (Wildman–Crippen LogP) is 2.32. The third-order valence-electron chi connectivity index (χ3n) is 3.49. The van der Waals surface area contributed by atoms with Crippen LogP contribution in [0, 0.1) is 5.41 Å². The van der Waals surface area contributed by atoms with Gasteiger partial charge in [-0.2, -0.15) is 0 Å². The second kappa shape index (κ2) is 6.36. The van der Waals surface area contributed by atoms with E-state index < -0.39 is 0 Å². The number of nitrogens with two attached hydrogens (primary N) is 1. The van der Waals surface area contributed by atoms with E-state index in [0.29, 0.717) is 6.04 Å². The molecule has 1 aliphatic heterocycles. The summed E-state index contributed by atoms with van der Waals surface area (Å²) >= 11 is 0. The van der Waals surface area contributed by atoms with Gasteiger partial charge >= 0.3 is 0 Å². The minimum Gasteiger partial charge on any atom is -0.404 e. The molecule has 1 unspecified atom stereocenters. The molecule has 1 fully saturated rings. The van der Waals surface area contributed by atoms with Crippen LogP contribution in [0.4, 0.5) is 0 Å². The number of hydrogen-bond acceptors (Lipinski definition) is 3. The molecule has 1 heterocycles. The zero-order valence-corrected chi connectivity index (χ0v) is 10.7. The van der Waals surface area contributed by atoms with Gasteiger partial charge in [0.05, 0.1) is 0 Å². The zero-order chi connectivity index (χ0) is 12.8. The molecular formula is C15H21N3. The number of piperidine rings is 1. The Hall–Kier alpha value is -1.61. The molecule has 1 aliphatic rings. The fourth-order valence-electron chi connectivity index (χ4n) is 2.49. The minimum absolute atomic E-state index is 0.597. The molecule has 0 bridgehead atoms. The third-order valence-corrected chi connectivity index (χ3v) is 3.49. The first kappa shape index (κ1) is 12.8. The van der Waals surface area contributed by atoms with E-state index in [4.69, 9.17) is 11.1 Å². The van der Waals surface area contributed by atoms with E-state index in [1.54, 1.807) is 0 Å². The van der Waals surface area contributed by atoms with E-state index in [2.05, 4.69) is 17.4 Å². The Morgan fingerprint density at radius 1 is 1.44 bits per heavy atom. The fourth-order valence-corrected chi connectivity index (χ4v) is 2.49. The van der Waals surface area contributed by atoms with Gasteiger partial charge in [-0.15, -0.1) is 0 Å². The lowest BCUT2D eigenvalue weighted by atomic mass is 9.96. The summed E-state index contributed by atoms with van der Waals surface area (Å²) in [5.41, 5.74) is 8.64. The average molecular weight is 243 g/mol. The number of nitrogens with one attached hydrogen (secondary N) is 2.